The van der Waals surface area contributed by atoms with Gasteiger partial charge in [-0.2, -0.15) is 0 Å². The quantitative estimate of drug-likeness (QED) is 0.625. The minimum Gasteiger partial charge on any atom is -0.484 e. The molecule has 2 aromatic heterocycles. The molecular weight excluding hydrogens is 364 g/mol. The Bertz CT molecular complexity index is 903. The topological polar surface area (TPSA) is 61.0 Å². The third-order valence-electron chi connectivity index (χ3n) is 3.63. The second-order valence-electron chi connectivity index (χ2n) is 5.40. The maximum atomic E-state index is 13.7. The molecule has 0 aliphatic rings. The van der Waals surface area contributed by atoms with Gasteiger partial charge in [0.05, 0.1) is 11.2 Å². The molecule has 0 saturated heterocycles. The largest absolute Gasteiger partial charge is 0.484 e. The smallest absolute Gasteiger partial charge is 0.142 e. The lowest BCUT2D eigenvalue weighted by atomic mass is 10.1. The average molecular weight is 378 g/mol. The number of ether oxygens (including phenoxy) is 1. The van der Waals surface area contributed by atoms with Crippen molar-refractivity contribution in [3.63, 3.8) is 0 Å². The zero-order chi connectivity index (χ0) is 18.0. The van der Waals surface area contributed by atoms with Gasteiger partial charge in [-0.05, 0) is 37.3 Å². The number of hydrogen-bond donors (Lipinski definition) is 1. The van der Waals surface area contributed by atoms with Crippen LogP contribution in [0.5, 0.6) is 5.75 Å². The second kappa shape index (κ2) is 7.25. The number of halogens is 3. The van der Waals surface area contributed by atoms with Crippen LogP contribution in [0, 0.1) is 5.82 Å². The molecular formula is C18H14Cl2FN3O. The summed E-state index contributed by atoms with van der Waals surface area (Å²) in [6, 6.07) is 8.02. The summed E-state index contributed by atoms with van der Waals surface area (Å²) in [5, 5.41) is 0.289. The number of benzene rings is 1. The van der Waals surface area contributed by atoms with E-state index in [9.17, 15) is 4.39 Å². The standard InChI is InChI=1S/C18H14Cl2FN3O/c1-10(17-14(19)3-4-15(21)18(17)20)25-13-6-12(7-23-9-13)11-2-5-16(22)24-8-11/h2-10H,1H3,(H2,22,24)/t10-/m1/s1. The molecule has 128 valence electrons. The van der Waals surface area contributed by atoms with Gasteiger partial charge in [-0.25, -0.2) is 9.37 Å². The molecule has 1 atom stereocenters. The molecule has 0 unspecified atom stereocenters. The lowest BCUT2D eigenvalue weighted by molar-refractivity contribution is 0.226. The van der Waals surface area contributed by atoms with E-state index in [1.54, 1.807) is 37.6 Å². The van der Waals surface area contributed by atoms with E-state index in [4.69, 9.17) is 33.7 Å². The molecule has 7 heteroatoms. The SMILES string of the molecule is C[C@@H](Oc1cncc(-c2ccc(N)nc2)c1)c1c(Cl)ccc(F)c1Cl. The van der Waals surface area contributed by atoms with Gasteiger partial charge in [0.15, 0.2) is 0 Å². The Morgan fingerprint density at radius 1 is 1.08 bits per heavy atom. The first-order valence-corrected chi connectivity index (χ1v) is 8.18. The molecule has 4 nitrogen and oxygen atoms in total. The van der Waals surface area contributed by atoms with Crippen molar-refractivity contribution in [3.8, 4) is 16.9 Å². The van der Waals surface area contributed by atoms with E-state index >= 15 is 0 Å². The van der Waals surface area contributed by atoms with Gasteiger partial charge in [-0.3, -0.25) is 4.98 Å². The Hall–Kier alpha value is -2.37. The zero-order valence-corrected chi connectivity index (χ0v) is 14.7. The third-order valence-corrected chi connectivity index (χ3v) is 4.35. The highest BCUT2D eigenvalue weighted by Gasteiger charge is 2.19. The third kappa shape index (κ3) is 3.83. The van der Waals surface area contributed by atoms with Crippen LogP contribution < -0.4 is 10.5 Å². The fourth-order valence-electron chi connectivity index (χ4n) is 2.40. The van der Waals surface area contributed by atoms with Crippen molar-refractivity contribution >= 4 is 29.0 Å². The fraction of sp³-hybridized carbons (Fsp3) is 0.111. The Kier molecular flexibility index (Phi) is 5.06. The summed E-state index contributed by atoms with van der Waals surface area (Å²) < 4.78 is 19.6. The average Bonchev–Trinajstić information content (AvgIpc) is 2.59. The summed E-state index contributed by atoms with van der Waals surface area (Å²) in [5.41, 5.74) is 7.65. The van der Waals surface area contributed by atoms with Crippen LogP contribution in [0.4, 0.5) is 10.2 Å². The number of rotatable bonds is 4. The van der Waals surface area contributed by atoms with Crippen LogP contribution in [-0.4, -0.2) is 9.97 Å². The maximum Gasteiger partial charge on any atom is 0.142 e. The van der Waals surface area contributed by atoms with Crippen molar-refractivity contribution in [1.82, 2.24) is 9.97 Å². The van der Waals surface area contributed by atoms with E-state index in [2.05, 4.69) is 9.97 Å². The molecule has 3 rings (SSSR count). The summed E-state index contributed by atoms with van der Waals surface area (Å²) in [5.74, 6) is 0.391. The molecule has 2 heterocycles. The summed E-state index contributed by atoms with van der Waals surface area (Å²) in [6.07, 6.45) is 4.34. The normalized spacial score (nSPS) is 12.0. The second-order valence-corrected chi connectivity index (χ2v) is 6.18. The molecule has 0 aliphatic carbocycles. The molecule has 1 aromatic carbocycles. The lowest BCUT2D eigenvalue weighted by Gasteiger charge is -2.18. The number of anilines is 1. The Morgan fingerprint density at radius 3 is 2.60 bits per heavy atom. The molecule has 0 bridgehead atoms. The number of hydrogen-bond acceptors (Lipinski definition) is 4. The van der Waals surface area contributed by atoms with Gasteiger partial charge in [0.25, 0.3) is 0 Å². The van der Waals surface area contributed by atoms with Crippen molar-refractivity contribution < 1.29 is 9.13 Å². The minimum absolute atomic E-state index is 0.0492. The number of aromatic nitrogens is 2. The van der Waals surface area contributed by atoms with Crippen LogP contribution in [0.2, 0.25) is 10.0 Å². The van der Waals surface area contributed by atoms with Crippen LogP contribution in [0.15, 0.2) is 48.9 Å². The molecule has 0 saturated carbocycles. The molecule has 2 N–H and O–H groups in total. The minimum atomic E-state index is -0.558. The maximum absolute atomic E-state index is 13.7. The van der Waals surface area contributed by atoms with Crippen molar-refractivity contribution in [2.45, 2.75) is 13.0 Å². The lowest BCUT2D eigenvalue weighted by Crippen LogP contribution is -2.06. The van der Waals surface area contributed by atoms with E-state index < -0.39 is 11.9 Å². The van der Waals surface area contributed by atoms with Crippen molar-refractivity contribution in [1.29, 1.82) is 0 Å². The predicted molar refractivity (Wildman–Crippen MR) is 97.3 cm³/mol. The van der Waals surface area contributed by atoms with Crippen LogP contribution in [-0.2, 0) is 0 Å². The summed E-state index contributed by atoms with van der Waals surface area (Å²) in [7, 11) is 0. The van der Waals surface area contributed by atoms with Crippen molar-refractivity contribution in [3.05, 3.63) is 70.3 Å². The Balaban J connectivity index is 1.88. The van der Waals surface area contributed by atoms with Crippen molar-refractivity contribution in [2.75, 3.05) is 5.73 Å². The summed E-state index contributed by atoms with van der Waals surface area (Å²) in [6.45, 7) is 1.74. The number of nitrogen functional groups attached to an aromatic ring is 1. The van der Waals surface area contributed by atoms with Crippen LogP contribution in [0.25, 0.3) is 11.1 Å². The first-order chi connectivity index (χ1) is 12.0. The monoisotopic (exact) mass is 377 g/mol. The summed E-state index contributed by atoms with van der Waals surface area (Å²) >= 11 is 12.2. The van der Waals surface area contributed by atoms with E-state index in [-0.39, 0.29) is 5.02 Å². The van der Waals surface area contributed by atoms with Crippen LogP contribution in [0.3, 0.4) is 0 Å². The number of nitrogens with zero attached hydrogens (tertiary/aromatic N) is 2. The van der Waals surface area contributed by atoms with Gasteiger partial charge in [0.1, 0.15) is 23.5 Å². The van der Waals surface area contributed by atoms with Gasteiger partial charge in [0.2, 0.25) is 0 Å². The number of pyridine rings is 2. The van der Waals surface area contributed by atoms with E-state index in [1.807, 2.05) is 6.07 Å². The Labute approximate surface area is 154 Å². The zero-order valence-electron chi connectivity index (χ0n) is 13.2. The molecule has 0 radical (unpaired) electrons. The molecule has 25 heavy (non-hydrogen) atoms. The molecule has 0 aliphatic heterocycles. The van der Waals surface area contributed by atoms with Crippen LogP contribution in [0.1, 0.15) is 18.6 Å². The van der Waals surface area contributed by atoms with Gasteiger partial charge >= 0.3 is 0 Å². The van der Waals surface area contributed by atoms with Gasteiger partial charge in [-0.1, -0.05) is 23.2 Å². The van der Waals surface area contributed by atoms with Gasteiger partial charge in [0, 0.05) is 34.1 Å². The van der Waals surface area contributed by atoms with E-state index in [0.29, 0.717) is 22.2 Å². The summed E-state index contributed by atoms with van der Waals surface area (Å²) in [4.78, 5) is 8.23. The highest BCUT2D eigenvalue weighted by molar-refractivity contribution is 6.36. The first-order valence-electron chi connectivity index (χ1n) is 7.42. The van der Waals surface area contributed by atoms with Crippen molar-refractivity contribution in [2.24, 2.45) is 0 Å². The predicted octanol–water partition coefficient (Wildman–Crippen LogP) is 5.31. The van der Waals surface area contributed by atoms with E-state index in [0.717, 1.165) is 11.1 Å². The Morgan fingerprint density at radius 2 is 1.88 bits per heavy atom. The first kappa shape index (κ1) is 17.5. The van der Waals surface area contributed by atoms with Gasteiger partial charge < -0.3 is 10.5 Å². The van der Waals surface area contributed by atoms with Gasteiger partial charge in [-0.15, -0.1) is 0 Å². The number of nitrogens with two attached hydrogens (primary N) is 1. The molecule has 0 fully saturated rings. The highest BCUT2D eigenvalue weighted by atomic mass is 35.5. The van der Waals surface area contributed by atoms with E-state index in [1.165, 1.54) is 12.1 Å². The molecule has 0 spiro atoms. The fourth-order valence-corrected chi connectivity index (χ4v) is 3.07. The van der Waals surface area contributed by atoms with Crippen LogP contribution >= 0.6 is 23.2 Å². The highest BCUT2D eigenvalue weighted by Crippen LogP contribution is 2.35. The molecule has 3 aromatic rings. The molecule has 0 amide bonds.